The van der Waals surface area contributed by atoms with E-state index in [-0.39, 0.29) is 12.1 Å². The molecule has 9 aromatic carbocycles. The highest BCUT2D eigenvalue weighted by atomic mass is 15.2. The Morgan fingerprint density at radius 2 is 0.692 bits per heavy atom. The summed E-state index contributed by atoms with van der Waals surface area (Å²) in [4.78, 5) is 5.08. The molecule has 0 aliphatic carbocycles. The number of rotatable bonds is 4. The summed E-state index contributed by atoms with van der Waals surface area (Å²) in [5.41, 5.74) is 19.3. The van der Waals surface area contributed by atoms with Crippen molar-refractivity contribution in [1.29, 1.82) is 0 Å². The molecule has 0 N–H and O–H groups in total. The number of nitrogens with zero attached hydrogens (tertiary/aromatic N) is 4. The van der Waals surface area contributed by atoms with Gasteiger partial charge in [-0.15, -0.1) is 0 Å². The van der Waals surface area contributed by atoms with Crippen LogP contribution in [0.5, 0.6) is 0 Å². The molecule has 2 aliphatic heterocycles. The summed E-state index contributed by atoms with van der Waals surface area (Å²) in [5, 5.41) is 5.05. The van der Waals surface area contributed by atoms with Crippen molar-refractivity contribution in [3.8, 4) is 11.4 Å². The highest BCUT2D eigenvalue weighted by Gasteiger charge is 2.44. The SMILES string of the molecule is CC(C)(C)c1cc2c3c(c1)N(c1cccc(-n4c5ccccc5c5ccccc54)c1)c1ccccc1B3c1ccccc1N2c1cccc(-n2c3ccccc3c3ccccc32)c1.[B][B]. The van der Waals surface area contributed by atoms with E-state index in [4.69, 9.17) is 0 Å². The van der Waals surface area contributed by atoms with Gasteiger partial charge in [0.15, 0.2) is 0 Å². The first-order valence-corrected chi connectivity index (χ1v) is 22.4. The average molecular weight is 828 g/mol. The second-order valence-corrected chi connectivity index (χ2v) is 18.2. The van der Waals surface area contributed by atoms with Crippen LogP contribution in [0.2, 0.25) is 0 Å². The third-order valence-corrected chi connectivity index (χ3v) is 13.6. The molecule has 304 valence electrons. The van der Waals surface area contributed by atoms with Crippen LogP contribution in [0.25, 0.3) is 55.0 Å². The van der Waals surface area contributed by atoms with Gasteiger partial charge in [0.25, 0.3) is 6.71 Å². The predicted molar refractivity (Wildman–Crippen MR) is 279 cm³/mol. The van der Waals surface area contributed by atoms with Crippen LogP contribution >= 0.6 is 0 Å². The molecular weight excluding hydrogens is 785 g/mol. The summed E-state index contributed by atoms with van der Waals surface area (Å²) in [6.45, 7) is 7.07. The zero-order valence-corrected chi connectivity index (χ0v) is 36.7. The van der Waals surface area contributed by atoms with Crippen molar-refractivity contribution in [2.24, 2.45) is 0 Å². The average Bonchev–Trinajstić information content (AvgIpc) is 3.87. The van der Waals surface area contributed by atoms with Crippen LogP contribution in [0, 0.1) is 0 Å². The van der Waals surface area contributed by atoms with Gasteiger partial charge in [-0.25, -0.2) is 0 Å². The van der Waals surface area contributed by atoms with Crippen LogP contribution in [-0.2, 0) is 5.41 Å². The van der Waals surface area contributed by atoms with Crippen molar-refractivity contribution in [2.75, 3.05) is 9.80 Å². The number of benzene rings is 9. The zero-order chi connectivity index (χ0) is 44.0. The first-order valence-electron chi connectivity index (χ1n) is 22.4. The lowest BCUT2D eigenvalue weighted by molar-refractivity contribution is 0.590. The number of anilines is 6. The van der Waals surface area contributed by atoms with Crippen LogP contribution in [0.1, 0.15) is 26.3 Å². The van der Waals surface area contributed by atoms with E-state index in [2.05, 4.69) is 261 Å². The van der Waals surface area contributed by atoms with E-state index in [0.717, 1.165) is 22.7 Å². The maximum atomic E-state index is 4.00. The molecular formula is C58H43B3N4. The molecule has 0 unspecified atom stereocenters. The molecule has 0 bridgehead atoms. The number of para-hydroxylation sites is 6. The van der Waals surface area contributed by atoms with E-state index in [1.165, 1.54) is 88.3 Å². The molecule has 0 amide bonds. The van der Waals surface area contributed by atoms with Gasteiger partial charge in [-0.2, -0.15) is 0 Å². The quantitative estimate of drug-likeness (QED) is 0.164. The van der Waals surface area contributed by atoms with E-state index < -0.39 is 0 Å². The Hall–Kier alpha value is -7.63. The third-order valence-electron chi connectivity index (χ3n) is 13.6. The number of hydrogen-bond donors (Lipinski definition) is 0. The van der Waals surface area contributed by atoms with Crippen molar-refractivity contribution < 1.29 is 0 Å². The van der Waals surface area contributed by atoms with Gasteiger partial charge in [0.05, 0.1) is 22.1 Å². The van der Waals surface area contributed by atoms with Crippen molar-refractivity contribution in [2.45, 2.75) is 26.2 Å². The Kier molecular flexibility index (Phi) is 9.00. The van der Waals surface area contributed by atoms with Crippen molar-refractivity contribution in [3.05, 3.63) is 212 Å². The number of aromatic nitrogens is 2. The standard InChI is InChI=1S/C58H43BN4.B2/c1-58(2,3)38-34-55-57-56(35-38)63(42-21-17-19-40(37-42)61-51-30-12-6-24-45(51)46-25-7-13-31-52(46)61)54-33-15-9-27-48(54)59(57)47-26-8-14-32-53(47)62(55)41-20-16-18-39(36-41)60-49-28-10-4-22-43(49)44-23-5-11-29-50(44)60;1-2/h4-37H,1-3H3;. The molecule has 11 aromatic rings. The Labute approximate surface area is 382 Å². The summed E-state index contributed by atoms with van der Waals surface area (Å²) in [6.07, 6.45) is 0. The minimum atomic E-state index is -0.123. The zero-order valence-electron chi connectivity index (χ0n) is 36.7. The molecule has 0 saturated heterocycles. The number of hydrogen-bond acceptors (Lipinski definition) is 2. The highest BCUT2D eigenvalue weighted by Crippen LogP contribution is 2.47. The topological polar surface area (TPSA) is 16.3 Å². The lowest BCUT2D eigenvalue weighted by Gasteiger charge is -2.45. The predicted octanol–water partition coefficient (Wildman–Crippen LogP) is 12.5. The molecule has 0 atom stereocenters. The van der Waals surface area contributed by atoms with Crippen LogP contribution in [0.3, 0.4) is 0 Å². The Morgan fingerprint density at radius 1 is 0.354 bits per heavy atom. The monoisotopic (exact) mass is 828 g/mol. The molecule has 4 radical (unpaired) electrons. The molecule has 4 heterocycles. The van der Waals surface area contributed by atoms with Gasteiger partial charge in [0.1, 0.15) is 0 Å². The van der Waals surface area contributed by atoms with Gasteiger partial charge >= 0.3 is 0 Å². The van der Waals surface area contributed by atoms with Crippen LogP contribution < -0.4 is 26.2 Å². The Morgan fingerprint density at radius 3 is 1.08 bits per heavy atom. The minimum Gasteiger partial charge on any atom is -0.311 e. The van der Waals surface area contributed by atoms with Crippen molar-refractivity contribution in [3.63, 3.8) is 0 Å². The number of fused-ring (bicyclic) bond motifs is 10. The summed E-state index contributed by atoms with van der Waals surface area (Å²) in [7, 11) is 8.00. The smallest absolute Gasteiger partial charge is 0.252 e. The molecule has 65 heavy (non-hydrogen) atoms. The van der Waals surface area contributed by atoms with E-state index in [1.54, 1.807) is 0 Å². The van der Waals surface area contributed by atoms with Gasteiger partial charge < -0.3 is 18.9 Å². The molecule has 2 aromatic heterocycles. The molecule has 7 heteroatoms. The largest absolute Gasteiger partial charge is 0.311 e. The molecule has 0 saturated carbocycles. The summed E-state index contributed by atoms with van der Waals surface area (Å²) >= 11 is 0. The maximum absolute atomic E-state index is 4.00. The van der Waals surface area contributed by atoms with E-state index in [0.29, 0.717) is 0 Å². The lowest BCUT2D eigenvalue weighted by atomic mass is 9.33. The maximum Gasteiger partial charge on any atom is 0.252 e. The first kappa shape index (κ1) is 39.0. The van der Waals surface area contributed by atoms with Gasteiger partial charge in [-0.3, -0.25) is 0 Å². The molecule has 13 rings (SSSR count). The van der Waals surface area contributed by atoms with E-state index >= 15 is 0 Å². The van der Waals surface area contributed by atoms with Gasteiger partial charge in [0.2, 0.25) is 0 Å². The first-order chi connectivity index (χ1) is 31.9. The molecule has 0 spiro atoms. The van der Waals surface area contributed by atoms with E-state index in [9.17, 15) is 0 Å². The van der Waals surface area contributed by atoms with Crippen LogP contribution in [-0.4, -0.2) is 31.3 Å². The van der Waals surface area contributed by atoms with Crippen molar-refractivity contribution >= 4 is 116 Å². The lowest BCUT2D eigenvalue weighted by Crippen LogP contribution is -2.61. The summed E-state index contributed by atoms with van der Waals surface area (Å²) in [6, 6.07) is 76.5. The fourth-order valence-corrected chi connectivity index (χ4v) is 10.8. The second-order valence-electron chi connectivity index (χ2n) is 18.2. The van der Waals surface area contributed by atoms with Gasteiger partial charge in [-0.1, -0.05) is 142 Å². The van der Waals surface area contributed by atoms with Crippen LogP contribution in [0.15, 0.2) is 206 Å². The third kappa shape index (κ3) is 5.88. The molecule has 2 aliphatic rings. The minimum absolute atomic E-state index is 0.0463. The van der Waals surface area contributed by atoms with Gasteiger partial charge in [0, 0.05) is 82.5 Å². The fourth-order valence-electron chi connectivity index (χ4n) is 10.8. The molecule has 4 nitrogen and oxygen atoms in total. The second kappa shape index (κ2) is 15.0. The van der Waals surface area contributed by atoms with Crippen LogP contribution in [0.4, 0.5) is 34.1 Å². The fraction of sp³-hybridized carbons (Fsp3) is 0.0690. The Balaban J connectivity index is 0.00000219. The highest BCUT2D eigenvalue weighted by molar-refractivity contribution is 7.00. The van der Waals surface area contributed by atoms with Crippen molar-refractivity contribution in [1.82, 2.24) is 9.13 Å². The summed E-state index contributed by atoms with van der Waals surface area (Å²) < 4.78 is 4.85. The van der Waals surface area contributed by atoms with Gasteiger partial charge in [-0.05, 0) is 112 Å². The van der Waals surface area contributed by atoms with E-state index in [1.807, 2.05) is 0 Å². The molecule has 0 fully saturated rings. The summed E-state index contributed by atoms with van der Waals surface area (Å²) in [5.74, 6) is 0. The Bertz CT molecular complexity index is 3330. The normalized spacial score (nSPS) is 12.9.